The molecule has 1 N–H and O–H groups in total. The van der Waals surface area contributed by atoms with E-state index in [1.807, 2.05) is 19.1 Å². The monoisotopic (exact) mass is 430 g/mol. The minimum absolute atomic E-state index is 0.113. The van der Waals surface area contributed by atoms with Gasteiger partial charge in [0.2, 0.25) is 5.95 Å². The van der Waals surface area contributed by atoms with E-state index in [1.54, 1.807) is 18.3 Å². The zero-order chi connectivity index (χ0) is 22.5. The molecule has 6 heteroatoms. The Hall–Kier alpha value is -3.54. The molecule has 0 bridgehead atoms. The number of anilines is 3. The molecule has 0 spiro atoms. The maximum Gasteiger partial charge on any atom is 0.227 e. The maximum absolute atomic E-state index is 14.7. The third-order valence-corrected chi connectivity index (χ3v) is 5.69. The van der Waals surface area contributed by atoms with Gasteiger partial charge in [0.15, 0.2) is 5.78 Å². The molecule has 0 radical (unpaired) electrons. The number of carbonyl (C=O) groups is 1. The van der Waals surface area contributed by atoms with Gasteiger partial charge < -0.3 is 10.2 Å². The van der Waals surface area contributed by atoms with Crippen LogP contribution < -0.4 is 10.2 Å². The van der Waals surface area contributed by atoms with Gasteiger partial charge in [-0.05, 0) is 73.7 Å². The first-order valence-electron chi connectivity index (χ1n) is 10.9. The van der Waals surface area contributed by atoms with Crippen molar-refractivity contribution in [1.29, 1.82) is 0 Å². The quantitative estimate of drug-likeness (QED) is 0.493. The zero-order valence-electron chi connectivity index (χ0n) is 18.3. The number of benzene rings is 2. The fourth-order valence-electron chi connectivity index (χ4n) is 3.97. The standard InChI is InChI=1S/C26H27FN4O/c1-3-22(32)14-19-10-11-24(27)23(15-19)25-18(2)17-28-26(30-25)29-20-8-7-9-21(16-20)31-12-5-4-6-13-31/h3,7-11,15-17H,1,4-6,12-14H2,2H3,(H,28,29,30). The van der Waals surface area contributed by atoms with Gasteiger partial charge in [0, 0.05) is 42.6 Å². The van der Waals surface area contributed by atoms with Crippen LogP contribution in [0.25, 0.3) is 11.3 Å². The van der Waals surface area contributed by atoms with Gasteiger partial charge in [0.25, 0.3) is 0 Å². The van der Waals surface area contributed by atoms with Gasteiger partial charge in [-0.2, -0.15) is 0 Å². The number of hydrogen-bond donors (Lipinski definition) is 1. The van der Waals surface area contributed by atoms with Gasteiger partial charge in [-0.1, -0.05) is 18.7 Å². The van der Waals surface area contributed by atoms with Crippen LogP contribution in [0.1, 0.15) is 30.4 Å². The summed E-state index contributed by atoms with van der Waals surface area (Å²) in [6.07, 6.45) is 6.85. The van der Waals surface area contributed by atoms with Crippen molar-refractivity contribution in [3.8, 4) is 11.3 Å². The number of ketones is 1. The number of halogens is 1. The van der Waals surface area contributed by atoms with Crippen LogP contribution in [-0.4, -0.2) is 28.8 Å². The topological polar surface area (TPSA) is 58.1 Å². The Morgan fingerprint density at radius 3 is 2.78 bits per heavy atom. The van der Waals surface area contributed by atoms with Crippen molar-refractivity contribution >= 4 is 23.1 Å². The zero-order valence-corrected chi connectivity index (χ0v) is 18.3. The Kier molecular flexibility index (Phi) is 6.59. The summed E-state index contributed by atoms with van der Waals surface area (Å²) < 4.78 is 14.7. The molecule has 1 saturated heterocycles. The molecule has 164 valence electrons. The molecule has 1 fully saturated rings. The number of piperidine rings is 1. The summed E-state index contributed by atoms with van der Waals surface area (Å²) in [6.45, 7) is 7.48. The van der Waals surface area contributed by atoms with Crippen molar-refractivity contribution in [3.05, 3.63) is 78.3 Å². The average molecular weight is 431 g/mol. The minimum Gasteiger partial charge on any atom is -0.371 e. The molecule has 32 heavy (non-hydrogen) atoms. The molecule has 0 amide bonds. The lowest BCUT2D eigenvalue weighted by Gasteiger charge is -2.29. The summed E-state index contributed by atoms with van der Waals surface area (Å²) in [5, 5.41) is 3.26. The van der Waals surface area contributed by atoms with Crippen LogP contribution in [0, 0.1) is 12.7 Å². The highest BCUT2D eigenvalue weighted by molar-refractivity contribution is 5.91. The van der Waals surface area contributed by atoms with Crippen molar-refractivity contribution in [2.45, 2.75) is 32.6 Å². The second kappa shape index (κ2) is 9.73. The van der Waals surface area contributed by atoms with Gasteiger partial charge in [-0.3, -0.25) is 4.79 Å². The number of aryl methyl sites for hydroxylation is 1. The maximum atomic E-state index is 14.7. The third kappa shape index (κ3) is 5.02. The van der Waals surface area contributed by atoms with E-state index in [-0.39, 0.29) is 18.0 Å². The molecule has 1 aliphatic heterocycles. The minimum atomic E-state index is -0.389. The molecule has 2 heterocycles. The molecule has 5 nitrogen and oxygen atoms in total. The van der Waals surface area contributed by atoms with Crippen molar-refractivity contribution in [2.24, 2.45) is 0 Å². The van der Waals surface area contributed by atoms with Crippen LogP contribution in [0.4, 0.5) is 21.7 Å². The second-order valence-corrected chi connectivity index (χ2v) is 8.11. The van der Waals surface area contributed by atoms with Crippen LogP contribution in [0.15, 0.2) is 61.3 Å². The first-order valence-corrected chi connectivity index (χ1v) is 10.9. The van der Waals surface area contributed by atoms with E-state index in [2.05, 4.69) is 38.9 Å². The Morgan fingerprint density at radius 2 is 2.00 bits per heavy atom. The predicted molar refractivity (Wildman–Crippen MR) is 127 cm³/mol. The van der Waals surface area contributed by atoms with Crippen molar-refractivity contribution in [1.82, 2.24) is 9.97 Å². The predicted octanol–water partition coefficient (Wildman–Crippen LogP) is 5.62. The fourth-order valence-corrected chi connectivity index (χ4v) is 3.97. The molecule has 3 aromatic rings. The van der Waals surface area contributed by atoms with Crippen LogP contribution in [-0.2, 0) is 11.2 Å². The molecule has 0 saturated carbocycles. The number of carbonyl (C=O) groups excluding carboxylic acids is 1. The van der Waals surface area contributed by atoms with Crippen LogP contribution >= 0.6 is 0 Å². The fraction of sp³-hybridized carbons (Fsp3) is 0.269. The summed E-state index contributed by atoms with van der Waals surface area (Å²) in [4.78, 5) is 23.1. The highest BCUT2D eigenvalue weighted by Gasteiger charge is 2.15. The molecule has 1 aliphatic rings. The lowest BCUT2D eigenvalue weighted by molar-refractivity contribution is -0.114. The molecule has 1 aromatic heterocycles. The largest absolute Gasteiger partial charge is 0.371 e. The number of hydrogen-bond acceptors (Lipinski definition) is 5. The van der Waals surface area contributed by atoms with E-state index in [9.17, 15) is 9.18 Å². The van der Waals surface area contributed by atoms with E-state index >= 15 is 0 Å². The molecule has 4 rings (SSSR count). The van der Waals surface area contributed by atoms with E-state index in [4.69, 9.17) is 0 Å². The summed E-state index contributed by atoms with van der Waals surface area (Å²) >= 11 is 0. The number of nitrogens with zero attached hydrogens (tertiary/aromatic N) is 3. The van der Waals surface area contributed by atoms with Gasteiger partial charge in [-0.25, -0.2) is 14.4 Å². The van der Waals surface area contributed by atoms with Crippen molar-refractivity contribution in [3.63, 3.8) is 0 Å². The van der Waals surface area contributed by atoms with E-state index in [0.717, 1.165) is 24.3 Å². The van der Waals surface area contributed by atoms with Crippen molar-refractivity contribution < 1.29 is 9.18 Å². The Bertz CT molecular complexity index is 1140. The highest BCUT2D eigenvalue weighted by atomic mass is 19.1. The number of nitrogens with one attached hydrogen (secondary N) is 1. The second-order valence-electron chi connectivity index (χ2n) is 8.11. The van der Waals surface area contributed by atoms with E-state index < -0.39 is 0 Å². The highest BCUT2D eigenvalue weighted by Crippen LogP contribution is 2.28. The summed E-state index contributed by atoms with van der Waals surface area (Å²) in [5.41, 5.74) is 4.38. The first-order chi connectivity index (χ1) is 15.5. The van der Waals surface area contributed by atoms with Gasteiger partial charge in [0.1, 0.15) is 5.82 Å². The number of aromatic nitrogens is 2. The first kappa shape index (κ1) is 21.7. The summed E-state index contributed by atoms with van der Waals surface area (Å²) in [7, 11) is 0. The summed E-state index contributed by atoms with van der Waals surface area (Å²) in [5.74, 6) is -0.106. The average Bonchev–Trinajstić information content (AvgIpc) is 2.82. The molecular weight excluding hydrogens is 403 g/mol. The third-order valence-electron chi connectivity index (χ3n) is 5.69. The van der Waals surface area contributed by atoms with Crippen LogP contribution in [0.5, 0.6) is 0 Å². The number of allylic oxidation sites excluding steroid dienone is 1. The van der Waals surface area contributed by atoms with E-state index in [0.29, 0.717) is 22.8 Å². The Labute approximate surface area is 188 Å². The van der Waals surface area contributed by atoms with Crippen molar-refractivity contribution in [2.75, 3.05) is 23.3 Å². The molecule has 0 unspecified atom stereocenters. The van der Waals surface area contributed by atoms with Crippen LogP contribution in [0.2, 0.25) is 0 Å². The van der Waals surface area contributed by atoms with E-state index in [1.165, 1.54) is 37.1 Å². The van der Waals surface area contributed by atoms with Gasteiger partial charge in [-0.15, -0.1) is 0 Å². The Morgan fingerprint density at radius 1 is 1.19 bits per heavy atom. The smallest absolute Gasteiger partial charge is 0.227 e. The lowest BCUT2D eigenvalue weighted by Crippen LogP contribution is -2.29. The molecule has 0 atom stereocenters. The summed E-state index contributed by atoms with van der Waals surface area (Å²) in [6, 6.07) is 12.9. The molecule has 2 aromatic carbocycles. The van der Waals surface area contributed by atoms with Gasteiger partial charge >= 0.3 is 0 Å². The lowest BCUT2D eigenvalue weighted by atomic mass is 10.0. The molecular formula is C26H27FN4O. The number of rotatable bonds is 7. The SMILES string of the molecule is C=CC(=O)Cc1ccc(F)c(-c2nc(Nc3cccc(N4CCCCC4)c3)ncc2C)c1. The normalized spacial score (nSPS) is 13.6. The van der Waals surface area contributed by atoms with Gasteiger partial charge in [0.05, 0.1) is 5.69 Å². The molecule has 0 aliphatic carbocycles. The Balaban J connectivity index is 1.61. The van der Waals surface area contributed by atoms with Crippen LogP contribution in [0.3, 0.4) is 0 Å².